The van der Waals surface area contributed by atoms with Gasteiger partial charge in [0.2, 0.25) is 0 Å². The Labute approximate surface area is 120 Å². The van der Waals surface area contributed by atoms with E-state index in [2.05, 4.69) is 26.3 Å². The van der Waals surface area contributed by atoms with Crippen molar-refractivity contribution in [3.63, 3.8) is 0 Å². The molecule has 1 N–H and O–H groups in total. The maximum atomic E-state index is 11.8. The topological polar surface area (TPSA) is 65.4 Å². The molecular weight excluding hydrogens is 314 g/mol. The van der Waals surface area contributed by atoms with E-state index in [4.69, 9.17) is 9.47 Å². The van der Waals surface area contributed by atoms with Gasteiger partial charge in [-0.15, -0.1) is 0 Å². The number of ether oxygens (including phenoxy) is 2. The second-order valence-electron chi connectivity index (χ2n) is 5.50. The zero-order valence-electron chi connectivity index (χ0n) is 11.2. The molecule has 7 heteroatoms. The van der Waals surface area contributed by atoms with Crippen LogP contribution >= 0.6 is 15.9 Å². The van der Waals surface area contributed by atoms with Gasteiger partial charge in [-0.25, -0.2) is 4.79 Å². The van der Waals surface area contributed by atoms with E-state index in [9.17, 15) is 4.79 Å². The zero-order valence-corrected chi connectivity index (χ0v) is 12.8. The number of nitrogens with one attached hydrogen (secondary N) is 1. The Kier molecular flexibility index (Phi) is 4.15. The predicted octanol–water partition coefficient (Wildman–Crippen LogP) is 2.11. The third-order valence-corrected chi connectivity index (χ3v) is 3.07. The Bertz CT molecular complexity index is 455. The molecule has 1 aromatic heterocycles. The standard InChI is InChI=1S/C12H18BrN3O3/c1-12(2,3)19-11(17)15-9-6-18-7-10(9)16-5-8(13)4-14-16/h4-5,9-10H,6-7H2,1-3H3,(H,15,17)/t9-,10+/m0/s1. The van der Waals surface area contributed by atoms with Crippen LogP contribution in [0.5, 0.6) is 0 Å². The number of carbonyl (C=O) groups excluding carboxylic acids is 1. The summed E-state index contributed by atoms with van der Waals surface area (Å²) in [6, 6.07) is -0.152. The van der Waals surface area contributed by atoms with Gasteiger partial charge in [-0.3, -0.25) is 4.68 Å². The Morgan fingerprint density at radius 2 is 2.32 bits per heavy atom. The fraction of sp³-hybridized carbons (Fsp3) is 0.667. The largest absolute Gasteiger partial charge is 0.444 e. The number of alkyl carbamates (subject to hydrolysis) is 1. The monoisotopic (exact) mass is 331 g/mol. The van der Waals surface area contributed by atoms with Gasteiger partial charge >= 0.3 is 6.09 Å². The van der Waals surface area contributed by atoms with Crippen LogP contribution in [0.4, 0.5) is 4.79 Å². The van der Waals surface area contributed by atoms with Crippen molar-refractivity contribution in [2.75, 3.05) is 13.2 Å². The van der Waals surface area contributed by atoms with Crippen LogP contribution < -0.4 is 5.32 Å². The van der Waals surface area contributed by atoms with Crippen molar-refractivity contribution in [2.24, 2.45) is 0 Å². The summed E-state index contributed by atoms with van der Waals surface area (Å²) >= 11 is 3.35. The van der Waals surface area contributed by atoms with Gasteiger partial charge in [0.25, 0.3) is 0 Å². The van der Waals surface area contributed by atoms with Crippen LogP contribution in [-0.2, 0) is 9.47 Å². The maximum absolute atomic E-state index is 11.8. The molecule has 0 aromatic carbocycles. The van der Waals surface area contributed by atoms with Gasteiger partial charge in [-0.1, -0.05) is 0 Å². The molecule has 1 aromatic rings. The van der Waals surface area contributed by atoms with Crippen LogP contribution in [0.3, 0.4) is 0 Å². The van der Waals surface area contributed by atoms with Crippen molar-refractivity contribution < 1.29 is 14.3 Å². The SMILES string of the molecule is CC(C)(C)OC(=O)N[C@H]1COC[C@H]1n1cc(Br)cn1. The first-order valence-electron chi connectivity index (χ1n) is 6.12. The minimum Gasteiger partial charge on any atom is -0.444 e. The first-order chi connectivity index (χ1) is 8.85. The Morgan fingerprint density at radius 3 is 2.89 bits per heavy atom. The fourth-order valence-corrected chi connectivity index (χ4v) is 2.20. The third-order valence-electron chi connectivity index (χ3n) is 2.66. The Morgan fingerprint density at radius 1 is 1.58 bits per heavy atom. The van der Waals surface area contributed by atoms with Crippen LogP contribution in [0.2, 0.25) is 0 Å². The van der Waals surface area contributed by atoms with Crippen molar-refractivity contribution in [1.29, 1.82) is 0 Å². The Hall–Kier alpha value is -1.08. The number of hydrogen-bond acceptors (Lipinski definition) is 4. The molecule has 106 valence electrons. The van der Waals surface area contributed by atoms with Crippen LogP contribution in [0.1, 0.15) is 26.8 Å². The molecule has 1 saturated heterocycles. The highest BCUT2D eigenvalue weighted by Crippen LogP contribution is 2.21. The lowest BCUT2D eigenvalue weighted by Gasteiger charge is -2.23. The first-order valence-corrected chi connectivity index (χ1v) is 6.91. The number of aromatic nitrogens is 2. The molecule has 0 aliphatic carbocycles. The summed E-state index contributed by atoms with van der Waals surface area (Å²) < 4.78 is 13.4. The highest BCUT2D eigenvalue weighted by atomic mass is 79.9. The predicted molar refractivity (Wildman–Crippen MR) is 72.9 cm³/mol. The van der Waals surface area contributed by atoms with E-state index in [0.717, 1.165) is 4.47 Å². The normalized spacial score (nSPS) is 23.4. The molecule has 1 aliphatic heterocycles. The summed E-state index contributed by atoms with van der Waals surface area (Å²) in [4.78, 5) is 11.8. The van der Waals surface area contributed by atoms with Gasteiger partial charge in [0, 0.05) is 6.20 Å². The van der Waals surface area contributed by atoms with Crippen LogP contribution in [0, 0.1) is 0 Å². The summed E-state index contributed by atoms with van der Waals surface area (Å²) in [7, 11) is 0. The van der Waals surface area contributed by atoms with E-state index in [-0.39, 0.29) is 12.1 Å². The summed E-state index contributed by atoms with van der Waals surface area (Å²) in [5.41, 5.74) is -0.506. The van der Waals surface area contributed by atoms with Crippen molar-refractivity contribution >= 4 is 22.0 Å². The second kappa shape index (κ2) is 5.50. The summed E-state index contributed by atoms with van der Waals surface area (Å²) in [5, 5.41) is 7.06. The van der Waals surface area contributed by atoms with Crippen LogP contribution in [-0.4, -0.2) is 40.7 Å². The number of hydrogen-bond donors (Lipinski definition) is 1. The highest BCUT2D eigenvalue weighted by Gasteiger charge is 2.32. The molecular formula is C12H18BrN3O3. The van der Waals surface area contributed by atoms with Crippen molar-refractivity contribution in [3.05, 3.63) is 16.9 Å². The van der Waals surface area contributed by atoms with E-state index in [1.54, 1.807) is 10.9 Å². The quantitative estimate of drug-likeness (QED) is 0.901. The minimum atomic E-state index is -0.506. The summed E-state index contributed by atoms with van der Waals surface area (Å²) in [6.07, 6.45) is 3.14. The number of nitrogens with zero attached hydrogens (tertiary/aromatic N) is 2. The van der Waals surface area contributed by atoms with Crippen molar-refractivity contribution in [3.8, 4) is 0 Å². The number of carbonyl (C=O) groups is 1. The third kappa shape index (κ3) is 3.94. The van der Waals surface area contributed by atoms with E-state index >= 15 is 0 Å². The average Bonchev–Trinajstić information content (AvgIpc) is 2.83. The molecule has 6 nitrogen and oxygen atoms in total. The second-order valence-corrected chi connectivity index (χ2v) is 6.41. The molecule has 1 amide bonds. The molecule has 2 rings (SSSR count). The summed E-state index contributed by atoms with van der Waals surface area (Å²) in [5.74, 6) is 0. The first kappa shape index (κ1) is 14.3. The molecule has 2 atom stereocenters. The van der Waals surface area contributed by atoms with Gasteiger partial charge in [0.1, 0.15) is 5.60 Å². The lowest BCUT2D eigenvalue weighted by Crippen LogP contribution is -2.43. The van der Waals surface area contributed by atoms with Gasteiger partial charge in [-0.05, 0) is 36.7 Å². The number of halogens is 1. The van der Waals surface area contributed by atoms with Gasteiger partial charge < -0.3 is 14.8 Å². The molecule has 1 aliphatic rings. The van der Waals surface area contributed by atoms with Crippen LogP contribution in [0.15, 0.2) is 16.9 Å². The van der Waals surface area contributed by atoms with Gasteiger partial charge in [0.15, 0.2) is 0 Å². The van der Waals surface area contributed by atoms with E-state index in [1.807, 2.05) is 27.0 Å². The molecule has 0 saturated carbocycles. The van der Waals surface area contributed by atoms with Crippen LogP contribution in [0.25, 0.3) is 0 Å². The zero-order chi connectivity index (χ0) is 14.0. The molecule has 1 fully saturated rings. The van der Waals surface area contributed by atoms with E-state index < -0.39 is 11.7 Å². The lowest BCUT2D eigenvalue weighted by atomic mass is 10.2. The number of rotatable bonds is 2. The number of amides is 1. The molecule has 0 bridgehead atoms. The van der Waals surface area contributed by atoms with Gasteiger partial charge in [0.05, 0.1) is 36.0 Å². The fourth-order valence-electron chi connectivity index (χ4n) is 1.90. The summed E-state index contributed by atoms with van der Waals surface area (Å²) in [6.45, 7) is 6.48. The van der Waals surface area contributed by atoms with Crippen molar-refractivity contribution in [1.82, 2.24) is 15.1 Å². The van der Waals surface area contributed by atoms with Crippen molar-refractivity contribution in [2.45, 2.75) is 38.5 Å². The molecule has 0 spiro atoms. The molecule has 0 unspecified atom stereocenters. The molecule has 2 heterocycles. The average molecular weight is 332 g/mol. The smallest absolute Gasteiger partial charge is 0.408 e. The molecule has 19 heavy (non-hydrogen) atoms. The Balaban J connectivity index is 1.98. The highest BCUT2D eigenvalue weighted by molar-refractivity contribution is 9.10. The van der Waals surface area contributed by atoms with E-state index in [1.165, 1.54) is 0 Å². The lowest BCUT2D eigenvalue weighted by molar-refractivity contribution is 0.0491. The minimum absolute atomic E-state index is 0.0150. The molecule has 0 radical (unpaired) electrons. The van der Waals surface area contributed by atoms with E-state index in [0.29, 0.717) is 13.2 Å². The van der Waals surface area contributed by atoms with Gasteiger partial charge in [-0.2, -0.15) is 5.10 Å². The maximum Gasteiger partial charge on any atom is 0.408 e.